The summed E-state index contributed by atoms with van der Waals surface area (Å²) in [6.07, 6.45) is 4.72. The number of halogens is 1. The van der Waals surface area contributed by atoms with Gasteiger partial charge in [0.25, 0.3) is 0 Å². The summed E-state index contributed by atoms with van der Waals surface area (Å²) in [6.45, 7) is 0.827. The van der Waals surface area contributed by atoms with Gasteiger partial charge in [0.1, 0.15) is 5.82 Å². The number of primary amides is 1. The van der Waals surface area contributed by atoms with Gasteiger partial charge in [-0.1, -0.05) is 6.07 Å². The monoisotopic (exact) mass is 345 g/mol. The maximum atomic E-state index is 14.2. The third-order valence-electron chi connectivity index (χ3n) is 4.34. The van der Waals surface area contributed by atoms with E-state index in [1.165, 1.54) is 10.7 Å². The molecule has 0 bridgehead atoms. The Hall–Kier alpha value is -2.90. The molecule has 1 fully saturated rings. The van der Waals surface area contributed by atoms with Gasteiger partial charge in [-0.25, -0.2) is 9.07 Å². The van der Waals surface area contributed by atoms with Gasteiger partial charge in [-0.05, 0) is 31.0 Å². The first kappa shape index (κ1) is 16.9. The fraction of sp³-hybridized carbons (Fsp3) is 0.353. The Labute approximate surface area is 144 Å². The number of benzene rings is 1. The summed E-state index contributed by atoms with van der Waals surface area (Å²) in [4.78, 5) is 25.3. The summed E-state index contributed by atoms with van der Waals surface area (Å²) in [5.41, 5.74) is 6.07. The smallest absolute Gasteiger partial charge is 0.241 e. The Morgan fingerprint density at radius 2 is 2.20 bits per heavy atom. The maximum Gasteiger partial charge on any atom is 0.241 e. The fourth-order valence-electron chi connectivity index (χ4n) is 3.00. The molecule has 0 radical (unpaired) electrons. The number of nitrogens with two attached hydrogens (primary N) is 1. The highest BCUT2D eigenvalue weighted by Gasteiger charge is 2.27. The SMILES string of the molecule is NC(=O)C1CCCN(C(=O)CNc2c(F)cccc2-n2cccn2)C1. The lowest BCUT2D eigenvalue weighted by molar-refractivity contribution is -0.133. The first-order valence-corrected chi connectivity index (χ1v) is 8.15. The van der Waals surface area contributed by atoms with Gasteiger partial charge in [-0.2, -0.15) is 5.10 Å². The van der Waals surface area contributed by atoms with Crippen LogP contribution in [0.3, 0.4) is 0 Å². The number of rotatable bonds is 5. The molecular formula is C17H20FN5O2. The lowest BCUT2D eigenvalue weighted by Crippen LogP contribution is -2.46. The van der Waals surface area contributed by atoms with E-state index in [1.54, 1.807) is 35.5 Å². The van der Waals surface area contributed by atoms with Crippen molar-refractivity contribution < 1.29 is 14.0 Å². The molecule has 7 nitrogen and oxygen atoms in total. The Morgan fingerprint density at radius 3 is 2.92 bits per heavy atom. The molecule has 1 aliphatic heterocycles. The van der Waals surface area contributed by atoms with Crippen molar-refractivity contribution in [2.75, 3.05) is 25.0 Å². The van der Waals surface area contributed by atoms with Crippen molar-refractivity contribution in [1.82, 2.24) is 14.7 Å². The molecule has 1 unspecified atom stereocenters. The van der Waals surface area contributed by atoms with Crippen molar-refractivity contribution >= 4 is 17.5 Å². The van der Waals surface area contributed by atoms with E-state index in [-0.39, 0.29) is 30.0 Å². The molecule has 1 atom stereocenters. The van der Waals surface area contributed by atoms with Crippen molar-refractivity contribution in [3.63, 3.8) is 0 Å². The molecule has 1 aliphatic rings. The first-order chi connectivity index (χ1) is 12.1. The number of hydrogen-bond acceptors (Lipinski definition) is 4. The average Bonchev–Trinajstić information content (AvgIpc) is 3.14. The van der Waals surface area contributed by atoms with Crippen LogP contribution in [0.1, 0.15) is 12.8 Å². The molecule has 3 rings (SSSR count). The van der Waals surface area contributed by atoms with E-state index in [0.717, 1.165) is 6.42 Å². The standard InChI is InChI=1S/C17H20FN5O2/c18-13-5-1-6-14(23-9-3-7-21-23)16(13)20-10-15(24)22-8-2-4-12(11-22)17(19)25/h1,3,5-7,9,12,20H,2,4,8,10-11H2,(H2,19,25). The van der Waals surface area contributed by atoms with E-state index in [4.69, 9.17) is 5.73 Å². The zero-order valence-electron chi connectivity index (χ0n) is 13.7. The highest BCUT2D eigenvalue weighted by atomic mass is 19.1. The Balaban J connectivity index is 1.69. The molecular weight excluding hydrogens is 325 g/mol. The van der Waals surface area contributed by atoms with Crippen molar-refractivity contribution in [2.45, 2.75) is 12.8 Å². The summed E-state index contributed by atoms with van der Waals surface area (Å²) in [5, 5.41) is 6.97. The van der Waals surface area contributed by atoms with E-state index in [2.05, 4.69) is 10.4 Å². The molecule has 2 amide bonds. The number of aromatic nitrogens is 2. The van der Waals surface area contributed by atoms with Gasteiger partial charge in [0.15, 0.2) is 0 Å². The second-order valence-corrected chi connectivity index (χ2v) is 6.02. The van der Waals surface area contributed by atoms with Crippen LogP contribution in [0.4, 0.5) is 10.1 Å². The van der Waals surface area contributed by atoms with Gasteiger partial charge in [-0.15, -0.1) is 0 Å². The number of carbonyl (C=O) groups excluding carboxylic acids is 2. The first-order valence-electron chi connectivity index (χ1n) is 8.15. The molecule has 2 heterocycles. The maximum absolute atomic E-state index is 14.2. The number of nitrogens with one attached hydrogen (secondary N) is 1. The van der Waals surface area contributed by atoms with E-state index in [0.29, 0.717) is 25.2 Å². The van der Waals surface area contributed by atoms with E-state index in [1.807, 2.05) is 0 Å². The van der Waals surface area contributed by atoms with Crippen molar-refractivity contribution in [1.29, 1.82) is 0 Å². The van der Waals surface area contributed by atoms with Crippen LogP contribution >= 0.6 is 0 Å². The minimum absolute atomic E-state index is 0.0688. The summed E-state index contributed by atoms with van der Waals surface area (Å²) in [7, 11) is 0. The van der Waals surface area contributed by atoms with Crippen LogP contribution in [-0.4, -0.2) is 46.1 Å². The molecule has 1 aromatic carbocycles. The Kier molecular flexibility index (Phi) is 4.97. The number of nitrogens with zero attached hydrogens (tertiary/aromatic N) is 3. The minimum Gasteiger partial charge on any atom is -0.372 e. The van der Waals surface area contributed by atoms with Crippen LogP contribution in [0.15, 0.2) is 36.7 Å². The number of carbonyl (C=O) groups is 2. The van der Waals surface area contributed by atoms with Gasteiger partial charge in [0.05, 0.1) is 23.8 Å². The predicted molar refractivity (Wildman–Crippen MR) is 90.5 cm³/mol. The second kappa shape index (κ2) is 7.33. The summed E-state index contributed by atoms with van der Waals surface area (Å²) in [6, 6.07) is 6.36. The van der Waals surface area contributed by atoms with Crippen molar-refractivity contribution in [3.8, 4) is 5.69 Å². The van der Waals surface area contributed by atoms with Crippen molar-refractivity contribution in [3.05, 3.63) is 42.5 Å². The van der Waals surface area contributed by atoms with Crippen molar-refractivity contribution in [2.24, 2.45) is 11.7 Å². The Morgan fingerprint density at radius 1 is 1.36 bits per heavy atom. The minimum atomic E-state index is -0.463. The molecule has 3 N–H and O–H groups in total. The van der Waals surface area contributed by atoms with Crippen LogP contribution in [-0.2, 0) is 9.59 Å². The molecule has 0 spiro atoms. The van der Waals surface area contributed by atoms with Crippen LogP contribution < -0.4 is 11.1 Å². The van der Waals surface area contributed by atoms with E-state index >= 15 is 0 Å². The Bertz CT molecular complexity index is 762. The van der Waals surface area contributed by atoms with E-state index < -0.39 is 5.82 Å². The molecule has 132 valence electrons. The molecule has 1 saturated heterocycles. The molecule has 0 saturated carbocycles. The number of anilines is 1. The zero-order valence-corrected chi connectivity index (χ0v) is 13.7. The average molecular weight is 345 g/mol. The van der Waals surface area contributed by atoms with Gasteiger partial charge in [-0.3, -0.25) is 9.59 Å². The molecule has 1 aromatic heterocycles. The molecule has 25 heavy (non-hydrogen) atoms. The number of hydrogen-bond donors (Lipinski definition) is 2. The lowest BCUT2D eigenvalue weighted by Gasteiger charge is -2.31. The van der Waals surface area contributed by atoms with Gasteiger partial charge < -0.3 is 16.0 Å². The molecule has 2 aromatic rings. The highest BCUT2D eigenvalue weighted by molar-refractivity contribution is 5.83. The topological polar surface area (TPSA) is 93.3 Å². The number of amides is 2. The van der Waals surface area contributed by atoms with Gasteiger partial charge in [0.2, 0.25) is 11.8 Å². The summed E-state index contributed by atoms with van der Waals surface area (Å²) in [5.74, 6) is -1.36. The highest BCUT2D eigenvalue weighted by Crippen LogP contribution is 2.23. The molecule has 8 heteroatoms. The van der Waals surface area contributed by atoms with Crippen LogP contribution in [0, 0.1) is 11.7 Å². The predicted octanol–water partition coefficient (Wildman–Crippen LogP) is 1.15. The second-order valence-electron chi connectivity index (χ2n) is 6.02. The lowest BCUT2D eigenvalue weighted by atomic mass is 9.97. The van der Waals surface area contributed by atoms with Crippen LogP contribution in [0.2, 0.25) is 0 Å². The third kappa shape index (κ3) is 3.78. The van der Waals surface area contributed by atoms with Crippen LogP contribution in [0.25, 0.3) is 5.69 Å². The van der Waals surface area contributed by atoms with E-state index in [9.17, 15) is 14.0 Å². The zero-order chi connectivity index (χ0) is 17.8. The summed E-state index contributed by atoms with van der Waals surface area (Å²) < 4.78 is 15.7. The third-order valence-corrected chi connectivity index (χ3v) is 4.34. The number of para-hydroxylation sites is 1. The molecule has 0 aliphatic carbocycles. The fourth-order valence-corrected chi connectivity index (χ4v) is 3.00. The number of likely N-dealkylation sites (tertiary alicyclic amines) is 1. The number of piperidine rings is 1. The largest absolute Gasteiger partial charge is 0.372 e. The van der Waals surface area contributed by atoms with Crippen LogP contribution in [0.5, 0.6) is 0 Å². The normalized spacial score (nSPS) is 17.3. The quantitative estimate of drug-likeness (QED) is 0.850. The van der Waals surface area contributed by atoms with Gasteiger partial charge in [0, 0.05) is 25.5 Å². The van der Waals surface area contributed by atoms with Gasteiger partial charge >= 0.3 is 0 Å². The summed E-state index contributed by atoms with van der Waals surface area (Å²) >= 11 is 0.